The highest BCUT2D eigenvalue weighted by Gasteiger charge is 2.19. The monoisotopic (exact) mass is 313 g/mol. The van der Waals surface area contributed by atoms with Gasteiger partial charge in [0.25, 0.3) is 5.91 Å². The van der Waals surface area contributed by atoms with E-state index in [2.05, 4.69) is 18.8 Å². The Morgan fingerprint density at radius 3 is 2.41 bits per heavy atom. The number of halogens is 1. The van der Waals surface area contributed by atoms with Crippen molar-refractivity contribution in [1.82, 2.24) is 5.32 Å². The van der Waals surface area contributed by atoms with E-state index in [9.17, 15) is 4.79 Å². The zero-order valence-electron chi connectivity index (χ0n) is 12.7. The van der Waals surface area contributed by atoms with Crippen LogP contribution >= 0.6 is 11.6 Å². The van der Waals surface area contributed by atoms with E-state index in [0.717, 1.165) is 24.0 Å². The Kier molecular flexibility index (Phi) is 5.79. The van der Waals surface area contributed by atoms with Crippen LogP contribution in [-0.2, 0) is 0 Å². The first-order chi connectivity index (χ1) is 10.6. The smallest absolute Gasteiger partial charge is 0.253 e. The third kappa shape index (κ3) is 3.99. The number of hydrogen-bond donors (Lipinski definition) is 1. The number of carbonyl (C=O) groups excluding carboxylic acids is 1. The van der Waals surface area contributed by atoms with E-state index in [1.165, 1.54) is 0 Å². The molecule has 0 radical (unpaired) electrons. The molecule has 2 aromatic rings. The third-order valence-corrected chi connectivity index (χ3v) is 3.84. The van der Waals surface area contributed by atoms with Crippen molar-refractivity contribution in [3.63, 3.8) is 0 Å². The first kappa shape index (κ1) is 16.3. The molecule has 0 saturated carbocycles. The van der Waals surface area contributed by atoms with Crippen molar-refractivity contribution in [2.24, 2.45) is 0 Å². The molecule has 0 heterocycles. The minimum absolute atomic E-state index is 0.184. The van der Waals surface area contributed by atoms with E-state index < -0.39 is 0 Å². The first-order valence-corrected chi connectivity index (χ1v) is 7.79. The lowest BCUT2D eigenvalue weighted by molar-refractivity contribution is 0.0942. The van der Waals surface area contributed by atoms with Gasteiger partial charge in [-0.3, -0.25) is 4.79 Å². The normalized spacial score (nSPS) is 11.7. The van der Waals surface area contributed by atoms with Crippen LogP contribution in [0.4, 0.5) is 0 Å². The van der Waals surface area contributed by atoms with Crippen molar-refractivity contribution in [2.75, 3.05) is 0 Å². The molecule has 1 amide bonds. The minimum Gasteiger partial charge on any atom is -0.341 e. The summed E-state index contributed by atoms with van der Waals surface area (Å²) in [5.41, 5.74) is 2.50. The molecule has 0 aromatic heterocycles. The lowest BCUT2D eigenvalue weighted by Gasteiger charge is -2.22. The van der Waals surface area contributed by atoms with E-state index >= 15 is 0 Å². The predicted molar refractivity (Wildman–Crippen MR) is 92.1 cm³/mol. The van der Waals surface area contributed by atoms with Crippen LogP contribution in [0.5, 0.6) is 0 Å². The summed E-state index contributed by atoms with van der Waals surface area (Å²) in [6.07, 6.45) is 1.85. The number of benzene rings is 2. The molecule has 0 aliphatic carbocycles. The molecule has 0 aliphatic rings. The van der Waals surface area contributed by atoms with Crippen molar-refractivity contribution in [1.29, 1.82) is 0 Å². The van der Waals surface area contributed by atoms with Gasteiger partial charge in [0.2, 0.25) is 0 Å². The van der Waals surface area contributed by atoms with Crippen LogP contribution in [0.3, 0.4) is 0 Å². The van der Waals surface area contributed by atoms with Crippen LogP contribution in [0.2, 0.25) is 5.02 Å². The van der Waals surface area contributed by atoms with Crippen LogP contribution in [-0.4, -0.2) is 5.91 Å². The number of amides is 1. The van der Waals surface area contributed by atoms with Crippen molar-refractivity contribution < 1.29 is 4.79 Å². The SMILES string of the molecule is C=C(CCC)[C@@H](NC(=O)c1ccccc1Cl)c1ccccc1. The molecule has 2 nitrogen and oxygen atoms in total. The Morgan fingerprint density at radius 2 is 1.77 bits per heavy atom. The lowest BCUT2D eigenvalue weighted by Crippen LogP contribution is -2.29. The summed E-state index contributed by atoms with van der Waals surface area (Å²) in [6.45, 7) is 6.24. The molecule has 0 unspecified atom stereocenters. The molecule has 0 fully saturated rings. The van der Waals surface area contributed by atoms with Crippen LogP contribution in [0.15, 0.2) is 66.7 Å². The van der Waals surface area contributed by atoms with Crippen molar-refractivity contribution >= 4 is 17.5 Å². The van der Waals surface area contributed by atoms with Gasteiger partial charge < -0.3 is 5.32 Å². The zero-order valence-corrected chi connectivity index (χ0v) is 13.4. The Bertz CT molecular complexity index is 651. The fraction of sp³-hybridized carbons (Fsp3) is 0.211. The highest BCUT2D eigenvalue weighted by Crippen LogP contribution is 2.25. The molecule has 0 spiro atoms. The Morgan fingerprint density at radius 1 is 1.14 bits per heavy atom. The van der Waals surface area contributed by atoms with Crippen LogP contribution in [0.25, 0.3) is 0 Å². The number of rotatable bonds is 6. The molecule has 0 bridgehead atoms. The molecule has 114 valence electrons. The van der Waals surface area contributed by atoms with Crippen LogP contribution < -0.4 is 5.32 Å². The first-order valence-electron chi connectivity index (χ1n) is 7.41. The summed E-state index contributed by atoms with van der Waals surface area (Å²) in [7, 11) is 0. The van der Waals surface area contributed by atoms with Crippen LogP contribution in [0, 0.1) is 0 Å². The molecular formula is C19H20ClNO. The van der Waals surface area contributed by atoms with E-state index in [4.69, 9.17) is 11.6 Å². The average Bonchev–Trinajstić information content (AvgIpc) is 2.54. The van der Waals surface area contributed by atoms with Gasteiger partial charge in [0.05, 0.1) is 16.6 Å². The fourth-order valence-corrected chi connectivity index (χ4v) is 2.61. The quantitative estimate of drug-likeness (QED) is 0.733. The predicted octanol–water partition coefficient (Wildman–Crippen LogP) is 5.17. The maximum Gasteiger partial charge on any atom is 0.253 e. The highest BCUT2D eigenvalue weighted by atomic mass is 35.5. The van der Waals surface area contributed by atoms with Gasteiger partial charge in [-0.15, -0.1) is 0 Å². The molecule has 1 atom stereocenters. The van der Waals surface area contributed by atoms with Gasteiger partial charge in [-0.2, -0.15) is 0 Å². The van der Waals surface area contributed by atoms with Gasteiger partial charge in [-0.1, -0.05) is 79.6 Å². The topological polar surface area (TPSA) is 29.1 Å². The number of nitrogens with one attached hydrogen (secondary N) is 1. The molecule has 3 heteroatoms. The second-order valence-corrected chi connectivity index (χ2v) is 5.61. The summed E-state index contributed by atoms with van der Waals surface area (Å²) in [6, 6.07) is 16.7. The zero-order chi connectivity index (χ0) is 15.9. The second-order valence-electron chi connectivity index (χ2n) is 5.21. The number of hydrogen-bond acceptors (Lipinski definition) is 1. The summed E-state index contributed by atoms with van der Waals surface area (Å²) in [5, 5.41) is 3.50. The minimum atomic E-state index is -0.204. The molecule has 22 heavy (non-hydrogen) atoms. The van der Waals surface area contributed by atoms with Crippen molar-refractivity contribution in [3.8, 4) is 0 Å². The largest absolute Gasteiger partial charge is 0.341 e. The van der Waals surface area contributed by atoms with Crippen molar-refractivity contribution in [3.05, 3.63) is 82.9 Å². The van der Waals surface area contributed by atoms with Crippen LogP contribution in [0.1, 0.15) is 41.7 Å². The van der Waals surface area contributed by atoms with E-state index in [-0.39, 0.29) is 11.9 Å². The molecule has 1 N–H and O–H groups in total. The van der Waals surface area contributed by atoms with Gasteiger partial charge in [0.1, 0.15) is 0 Å². The van der Waals surface area contributed by atoms with Gasteiger partial charge in [-0.25, -0.2) is 0 Å². The summed E-state index contributed by atoms with van der Waals surface area (Å²) in [5.74, 6) is -0.184. The maximum absolute atomic E-state index is 12.5. The maximum atomic E-state index is 12.5. The van der Waals surface area contributed by atoms with Gasteiger partial charge in [0.15, 0.2) is 0 Å². The summed E-state index contributed by atoms with van der Waals surface area (Å²) in [4.78, 5) is 12.5. The molecular weight excluding hydrogens is 294 g/mol. The molecule has 2 rings (SSSR count). The van der Waals surface area contributed by atoms with E-state index in [1.807, 2.05) is 36.4 Å². The third-order valence-electron chi connectivity index (χ3n) is 3.51. The summed E-state index contributed by atoms with van der Waals surface area (Å²) >= 11 is 6.11. The Hall–Kier alpha value is -2.06. The standard InChI is InChI=1S/C19H20ClNO/c1-3-9-14(2)18(15-10-5-4-6-11-15)21-19(22)16-12-7-8-13-17(16)20/h4-8,10-13,18H,2-3,9H2,1H3,(H,21,22)/t18-/m1/s1. The van der Waals surface area contributed by atoms with E-state index in [0.29, 0.717) is 10.6 Å². The molecule has 0 saturated heterocycles. The van der Waals surface area contributed by atoms with Gasteiger partial charge in [-0.05, 0) is 24.1 Å². The lowest BCUT2D eigenvalue weighted by atomic mass is 9.96. The Labute approximate surface area is 136 Å². The van der Waals surface area contributed by atoms with E-state index in [1.54, 1.807) is 18.2 Å². The second kappa shape index (κ2) is 7.81. The van der Waals surface area contributed by atoms with Crippen molar-refractivity contribution in [2.45, 2.75) is 25.8 Å². The highest BCUT2D eigenvalue weighted by molar-refractivity contribution is 6.33. The fourth-order valence-electron chi connectivity index (χ4n) is 2.39. The molecule has 2 aromatic carbocycles. The van der Waals surface area contributed by atoms with Gasteiger partial charge in [0, 0.05) is 0 Å². The van der Waals surface area contributed by atoms with Gasteiger partial charge >= 0.3 is 0 Å². The average molecular weight is 314 g/mol. The number of carbonyl (C=O) groups is 1. The Balaban J connectivity index is 2.25. The molecule has 0 aliphatic heterocycles. The summed E-state index contributed by atoms with van der Waals surface area (Å²) < 4.78 is 0.